The number of aromatic amines is 1. The van der Waals surface area contributed by atoms with Crippen LogP contribution in [0.3, 0.4) is 0 Å². The van der Waals surface area contributed by atoms with E-state index in [-0.39, 0.29) is 27.3 Å². The number of alkyl halides is 2. The van der Waals surface area contributed by atoms with Gasteiger partial charge >= 0.3 is 0 Å². The zero-order chi connectivity index (χ0) is 19.1. The number of ether oxygens (including phenoxy) is 1. The summed E-state index contributed by atoms with van der Waals surface area (Å²) in [6.45, 7) is 2.27. The molecule has 140 valence electrons. The summed E-state index contributed by atoms with van der Waals surface area (Å²) in [6.07, 6.45) is -0.984. The Morgan fingerprint density at radius 1 is 1.37 bits per heavy atom. The maximum atomic E-state index is 13.7. The second kappa shape index (κ2) is 6.84. The second-order valence-corrected chi connectivity index (χ2v) is 6.79. The Morgan fingerprint density at radius 3 is 2.78 bits per heavy atom. The van der Waals surface area contributed by atoms with Crippen molar-refractivity contribution < 1.29 is 13.5 Å². The highest BCUT2D eigenvalue weighted by atomic mass is 32.1. The van der Waals surface area contributed by atoms with Crippen molar-refractivity contribution in [1.29, 1.82) is 0 Å². The molecular weight excluding hydrogens is 372 g/mol. The fourth-order valence-electron chi connectivity index (χ4n) is 3.18. The normalized spacial score (nSPS) is 14.1. The van der Waals surface area contributed by atoms with Gasteiger partial charge in [-0.05, 0) is 50.2 Å². The second-order valence-electron chi connectivity index (χ2n) is 6.41. The maximum Gasteiger partial charge on any atom is 0.264 e. The van der Waals surface area contributed by atoms with E-state index in [9.17, 15) is 13.6 Å². The molecule has 1 aliphatic rings. The fraction of sp³-hybridized carbons (Fsp3) is 0.316. The molecule has 1 fully saturated rings. The zero-order valence-electron chi connectivity index (χ0n) is 14.5. The van der Waals surface area contributed by atoms with Crippen LogP contribution >= 0.6 is 12.2 Å². The minimum atomic E-state index is -2.79. The van der Waals surface area contributed by atoms with Crippen molar-refractivity contribution in [3.63, 3.8) is 0 Å². The number of pyridine rings is 1. The van der Waals surface area contributed by atoms with Gasteiger partial charge in [0.15, 0.2) is 10.4 Å². The van der Waals surface area contributed by atoms with Gasteiger partial charge in [0.1, 0.15) is 5.75 Å². The molecule has 0 aliphatic heterocycles. The number of rotatable bonds is 5. The molecule has 0 saturated heterocycles. The van der Waals surface area contributed by atoms with E-state index in [1.165, 1.54) is 10.6 Å². The Labute approximate surface area is 158 Å². The molecule has 27 heavy (non-hydrogen) atoms. The SMILES string of the molecule is CCOc1ccccc1-n1c(=S)[nH]c(=O)c2c(C(F)F)cc(C3CC3)nc21. The monoisotopic (exact) mass is 389 g/mol. The summed E-state index contributed by atoms with van der Waals surface area (Å²) in [6, 6.07) is 8.46. The van der Waals surface area contributed by atoms with E-state index < -0.39 is 12.0 Å². The Bertz CT molecular complexity index is 1140. The topological polar surface area (TPSA) is 59.9 Å². The number of aromatic nitrogens is 3. The lowest BCUT2D eigenvalue weighted by atomic mass is 10.1. The van der Waals surface area contributed by atoms with E-state index in [1.807, 2.05) is 6.92 Å². The van der Waals surface area contributed by atoms with Crippen molar-refractivity contribution in [3.05, 3.63) is 56.7 Å². The highest BCUT2D eigenvalue weighted by Gasteiger charge is 2.29. The number of para-hydroxylation sites is 2. The average molecular weight is 389 g/mol. The molecular formula is C19H17F2N3O2S. The predicted molar refractivity (Wildman–Crippen MR) is 101 cm³/mol. The standard InChI is InChI=1S/C19H17F2N3O2S/c1-2-26-14-6-4-3-5-13(14)24-17-15(18(25)23-19(24)27)11(16(20)21)9-12(22-17)10-7-8-10/h3-6,9-10,16H,2,7-8H2,1H3,(H,23,25,27). The molecule has 0 bridgehead atoms. The van der Waals surface area contributed by atoms with Gasteiger partial charge < -0.3 is 4.74 Å². The van der Waals surface area contributed by atoms with Gasteiger partial charge in [-0.25, -0.2) is 13.8 Å². The van der Waals surface area contributed by atoms with Gasteiger partial charge in [0.2, 0.25) is 0 Å². The molecule has 4 rings (SSSR count). The molecule has 0 amide bonds. The van der Waals surface area contributed by atoms with Gasteiger partial charge in [-0.2, -0.15) is 0 Å². The van der Waals surface area contributed by atoms with Crippen LogP contribution in [-0.2, 0) is 0 Å². The fourth-order valence-corrected chi connectivity index (χ4v) is 3.46. The highest BCUT2D eigenvalue weighted by molar-refractivity contribution is 7.71. The Hall–Kier alpha value is -2.61. The highest BCUT2D eigenvalue weighted by Crippen LogP contribution is 2.41. The first kappa shape index (κ1) is 17.8. The maximum absolute atomic E-state index is 13.7. The zero-order valence-corrected chi connectivity index (χ0v) is 15.4. The van der Waals surface area contributed by atoms with E-state index in [1.54, 1.807) is 24.3 Å². The largest absolute Gasteiger partial charge is 0.492 e. The summed E-state index contributed by atoms with van der Waals surface area (Å²) >= 11 is 5.35. The molecule has 0 atom stereocenters. The third-order valence-corrected chi connectivity index (χ3v) is 4.83. The van der Waals surface area contributed by atoms with Gasteiger partial charge in [0.25, 0.3) is 12.0 Å². The molecule has 1 aromatic carbocycles. The number of fused-ring (bicyclic) bond motifs is 1. The summed E-state index contributed by atoms with van der Waals surface area (Å²) in [5, 5.41) is -0.144. The van der Waals surface area contributed by atoms with Crippen LogP contribution in [0.4, 0.5) is 8.78 Å². The van der Waals surface area contributed by atoms with Crippen molar-refractivity contribution in [2.24, 2.45) is 0 Å². The molecule has 2 heterocycles. The van der Waals surface area contributed by atoms with Gasteiger partial charge in [-0.1, -0.05) is 12.1 Å². The van der Waals surface area contributed by atoms with Crippen LogP contribution in [0, 0.1) is 4.77 Å². The number of nitrogens with zero attached hydrogens (tertiary/aromatic N) is 2. The molecule has 0 spiro atoms. The molecule has 3 aromatic rings. The third kappa shape index (κ3) is 3.14. The first-order chi connectivity index (χ1) is 13.0. The van der Waals surface area contributed by atoms with Crippen LogP contribution in [0.5, 0.6) is 5.75 Å². The minimum Gasteiger partial charge on any atom is -0.492 e. The summed E-state index contributed by atoms with van der Waals surface area (Å²) in [4.78, 5) is 19.5. The first-order valence-corrected chi connectivity index (χ1v) is 9.12. The quantitative estimate of drug-likeness (QED) is 0.645. The van der Waals surface area contributed by atoms with Crippen LogP contribution in [0.1, 0.15) is 43.4 Å². The van der Waals surface area contributed by atoms with Crippen LogP contribution in [0.2, 0.25) is 0 Å². The van der Waals surface area contributed by atoms with Crippen molar-refractivity contribution in [1.82, 2.24) is 14.5 Å². The van der Waals surface area contributed by atoms with Gasteiger partial charge in [0.05, 0.1) is 17.7 Å². The number of benzene rings is 1. The molecule has 1 aliphatic carbocycles. The van der Waals surface area contributed by atoms with Crippen molar-refractivity contribution >= 4 is 23.3 Å². The summed E-state index contributed by atoms with van der Waals surface area (Å²) in [5.74, 6) is 0.678. The first-order valence-electron chi connectivity index (χ1n) is 8.71. The lowest BCUT2D eigenvalue weighted by molar-refractivity contribution is 0.153. The van der Waals surface area contributed by atoms with Crippen LogP contribution < -0.4 is 10.3 Å². The van der Waals surface area contributed by atoms with Crippen molar-refractivity contribution in [2.45, 2.75) is 32.1 Å². The van der Waals surface area contributed by atoms with E-state index in [4.69, 9.17) is 17.0 Å². The van der Waals surface area contributed by atoms with E-state index in [0.29, 0.717) is 23.7 Å². The van der Waals surface area contributed by atoms with Crippen LogP contribution in [0.25, 0.3) is 16.7 Å². The molecule has 2 aromatic heterocycles. The molecule has 8 heteroatoms. The van der Waals surface area contributed by atoms with Crippen molar-refractivity contribution in [3.8, 4) is 11.4 Å². The molecule has 1 saturated carbocycles. The average Bonchev–Trinajstić information content (AvgIpc) is 3.47. The molecule has 0 radical (unpaired) electrons. The third-order valence-electron chi connectivity index (χ3n) is 4.55. The predicted octanol–water partition coefficient (Wildman–Crippen LogP) is 4.66. The number of hydrogen-bond acceptors (Lipinski definition) is 4. The summed E-state index contributed by atoms with van der Waals surface area (Å²) in [7, 11) is 0. The van der Waals surface area contributed by atoms with Crippen LogP contribution in [-0.4, -0.2) is 21.1 Å². The van der Waals surface area contributed by atoms with Crippen molar-refractivity contribution in [2.75, 3.05) is 6.61 Å². The van der Waals surface area contributed by atoms with E-state index in [2.05, 4.69) is 9.97 Å². The Balaban J connectivity index is 2.13. The number of nitrogens with one attached hydrogen (secondary N) is 1. The smallest absolute Gasteiger partial charge is 0.264 e. The van der Waals surface area contributed by atoms with Gasteiger partial charge in [-0.15, -0.1) is 0 Å². The van der Waals surface area contributed by atoms with Gasteiger partial charge in [0, 0.05) is 17.2 Å². The molecule has 0 unspecified atom stereocenters. The van der Waals surface area contributed by atoms with E-state index >= 15 is 0 Å². The molecule has 1 N–H and O–H groups in total. The summed E-state index contributed by atoms with van der Waals surface area (Å²) < 4.78 is 34.7. The number of H-pyrrole nitrogens is 1. The number of hydrogen-bond donors (Lipinski definition) is 1. The number of halogens is 2. The van der Waals surface area contributed by atoms with E-state index in [0.717, 1.165) is 12.8 Å². The minimum absolute atomic E-state index is 0.0836. The Morgan fingerprint density at radius 2 is 2.11 bits per heavy atom. The lowest BCUT2D eigenvalue weighted by Crippen LogP contribution is -2.18. The van der Waals surface area contributed by atoms with Crippen LogP contribution in [0.15, 0.2) is 35.1 Å². The van der Waals surface area contributed by atoms with Gasteiger partial charge in [-0.3, -0.25) is 14.3 Å². The summed E-state index contributed by atoms with van der Waals surface area (Å²) in [5.41, 5.74) is 0.272. The lowest BCUT2D eigenvalue weighted by Gasteiger charge is -2.16. The molecule has 5 nitrogen and oxygen atoms in total. The Kier molecular flexibility index (Phi) is 4.51.